The molecule has 0 aliphatic heterocycles. The van der Waals surface area contributed by atoms with Crippen molar-refractivity contribution in [2.24, 2.45) is 0 Å². The number of carbonyl (C=O) groups is 1. The van der Waals surface area contributed by atoms with Crippen LogP contribution < -0.4 is 4.72 Å². The standard InChI is InChI=1S/C10H12FNO4S/c1-3-16-10(13)8-6-7(4-5-9(8)11)17(14,15)12-2/h4-6,12H,3H2,1-2H3. The van der Waals surface area contributed by atoms with E-state index in [4.69, 9.17) is 0 Å². The number of halogens is 1. The first-order valence-corrected chi connectivity index (χ1v) is 6.31. The van der Waals surface area contributed by atoms with Crippen LogP contribution in [0.25, 0.3) is 0 Å². The van der Waals surface area contributed by atoms with Crippen molar-refractivity contribution in [1.82, 2.24) is 4.72 Å². The van der Waals surface area contributed by atoms with Gasteiger partial charge in [0.2, 0.25) is 10.0 Å². The highest BCUT2D eigenvalue weighted by Crippen LogP contribution is 2.15. The normalized spacial score (nSPS) is 11.2. The van der Waals surface area contributed by atoms with E-state index in [1.807, 2.05) is 0 Å². The summed E-state index contributed by atoms with van der Waals surface area (Å²) in [6.45, 7) is 1.66. The topological polar surface area (TPSA) is 72.5 Å². The Morgan fingerprint density at radius 1 is 1.47 bits per heavy atom. The second kappa shape index (κ2) is 5.24. The zero-order valence-corrected chi connectivity index (χ0v) is 10.2. The van der Waals surface area contributed by atoms with Gasteiger partial charge in [-0.2, -0.15) is 0 Å². The molecule has 0 aliphatic rings. The molecule has 0 heterocycles. The Balaban J connectivity index is 3.25. The van der Waals surface area contributed by atoms with Crippen LogP contribution in [0.5, 0.6) is 0 Å². The van der Waals surface area contributed by atoms with Crippen molar-refractivity contribution < 1.29 is 22.3 Å². The Bertz CT molecular complexity index is 527. The number of esters is 1. The Morgan fingerprint density at radius 2 is 2.12 bits per heavy atom. The van der Waals surface area contributed by atoms with Crippen molar-refractivity contribution in [3.63, 3.8) is 0 Å². The van der Waals surface area contributed by atoms with Crippen LogP contribution in [0.2, 0.25) is 0 Å². The molecule has 0 aromatic heterocycles. The van der Waals surface area contributed by atoms with Gasteiger partial charge in [-0.15, -0.1) is 0 Å². The molecule has 0 atom stereocenters. The summed E-state index contributed by atoms with van der Waals surface area (Å²) in [5.41, 5.74) is -0.400. The zero-order valence-electron chi connectivity index (χ0n) is 9.36. The van der Waals surface area contributed by atoms with Crippen molar-refractivity contribution in [3.8, 4) is 0 Å². The van der Waals surface area contributed by atoms with E-state index in [-0.39, 0.29) is 11.5 Å². The molecular weight excluding hydrogens is 249 g/mol. The fraction of sp³-hybridized carbons (Fsp3) is 0.300. The third kappa shape index (κ3) is 3.01. The van der Waals surface area contributed by atoms with Crippen LogP contribution in [0.1, 0.15) is 17.3 Å². The molecule has 1 N–H and O–H groups in total. The van der Waals surface area contributed by atoms with Crippen molar-refractivity contribution >= 4 is 16.0 Å². The molecule has 5 nitrogen and oxygen atoms in total. The highest BCUT2D eigenvalue weighted by Gasteiger charge is 2.18. The van der Waals surface area contributed by atoms with Crippen LogP contribution in [-0.4, -0.2) is 28.0 Å². The van der Waals surface area contributed by atoms with Gasteiger partial charge in [0.25, 0.3) is 0 Å². The molecule has 1 aromatic rings. The average Bonchev–Trinajstić information content (AvgIpc) is 2.29. The lowest BCUT2D eigenvalue weighted by Gasteiger charge is -2.06. The highest BCUT2D eigenvalue weighted by atomic mass is 32.2. The Morgan fingerprint density at radius 3 is 2.65 bits per heavy atom. The molecule has 0 saturated carbocycles. The first-order chi connectivity index (χ1) is 7.92. The lowest BCUT2D eigenvalue weighted by molar-refractivity contribution is 0.0520. The monoisotopic (exact) mass is 261 g/mol. The van der Waals surface area contributed by atoms with Crippen LogP contribution in [0.4, 0.5) is 4.39 Å². The predicted octanol–water partition coefficient (Wildman–Crippen LogP) is 0.910. The van der Waals surface area contributed by atoms with E-state index in [2.05, 4.69) is 9.46 Å². The fourth-order valence-corrected chi connectivity index (χ4v) is 1.91. The number of carbonyl (C=O) groups excluding carboxylic acids is 1. The smallest absolute Gasteiger partial charge is 0.341 e. The van der Waals surface area contributed by atoms with Gasteiger partial charge in [0.05, 0.1) is 17.1 Å². The van der Waals surface area contributed by atoms with Gasteiger partial charge in [0, 0.05) is 0 Å². The van der Waals surface area contributed by atoms with Gasteiger partial charge in [-0.3, -0.25) is 0 Å². The second-order valence-electron chi connectivity index (χ2n) is 3.07. The summed E-state index contributed by atoms with van der Waals surface area (Å²) in [7, 11) is -2.49. The van der Waals surface area contributed by atoms with E-state index in [9.17, 15) is 17.6 Å². The molecule has 0 fully saturated rings. The molecule has 0 spiro atoms. The van der Waals surface area contributed by atoms with E-state index in [1.54, 1.807) is 6.92 Å². The van der Waals surface area contributed by atoms with Crippen LogP contribution in [0.15, 0.2) is 23.1 Å². The van der Waals surface area contributed by atoms with Gasteiger partial charge < -0.3 is 4.74 Å². The largest absolute Gasteiger partial charge is 0.462 e. The van der Waals surface area contributed by atoms with Crippen LogP contribution in [-0.2, 0) is 14.8 Å². The van der Waals surface area contributed by atoms with Gasteiger partial charge in [-0.05, 0) is 32.2 Å². The zero-order chi connectivity index (χ0) is 13.1. The number of ether oxygens (including phenoxy) is 1. The molecule has 0 unspecified atom stereocenters. The molecule has 0 bridgehead atoms. The van der Waals surface area contributed by atoms with Crippen LogP contribution >= 0.6 is 0 Å². The summed E-state index contributed by atoms with van der Waals surface area (Å²) in [6.07, 6.45) is 0. The van der Waals surface area contributed by atoms with Crippen LogP contribution in [0, 0.1) is 5.82 Å². The van der Waals surface area contributed by atoms with E-state index in [0.29, 0.717) is 0 Å². The maximum absolute atomic E-state index is 13.3. The summed E-state index contributed by atoms with van der Waals surface area (Å²) in [6, 6.07) is 2.93. The summed E-state index contributed by atoms with van der Waals surface area (Å²) in [5.74, 6) is -1.71. The number of benzene rings is 1. The van der Waals surface area contributed by atoms with E-state index >= 15 is 0 Å². The number of sulfonamides is 1. The summed E-state index contributed by atoms with van der Waals surface area (Å²) < 4.78 is 42.9. The predicted molar refractivity (Wildman–Crippen MR) is 58.6 cm³/mol. The van der Waals surface area contributed by atoms with Gasteiger partial charge in [-0.1, -0.05) is 0 Å². The first kappa shape index (κ1) is 13.6. The molecule has 0 amide bonds. The number of nitrogens with one attached hydrogen (secondary N) is 1. The van der Waals surface area contributed by atoms with E-state index < -0.39 is 27.4 Å². The molecule has 7 heteroatoms. The fourth-order valence-electron chi connectivity index (χ4n) is 1.15. The van der Waals surface area contributed by atoms with E-state index in [1.165, 1.54) is 7.05 Å². The first-order valence-electron chi connectivity index (χ1n) is 4.82. The average molecular weight is 261 g/mol. The molecule has 0 radical (unpaired) electrons. The van der Waals surface area contributed by atoms with Crippen molar-refractivity contribution in [2.75, 3.05) is 13.7 Å². The van der Waals surface area contributed by atoms with Gasteiger partial charge in [0.15, 0.2) is 0 Å². The second-order valence-corrected chi connectivity index (χ2v) is 4.96. The van der Waals surface area contributed by atoms with Gasteiger partial charge in [-0.25, -0.2) is 22.3 Å². The van der Waals surface area contributed by atoms with Crippen molar-refractivity contribution in [2.45, 2.75) is 11.8 Å². The van der Waals surface area contributed by atoms with Gasteiger partial charge >= 0.3 is 5.97 Å². The third-order valence-corrected chi connectivity index (χ3v) is 3.42. The van der Waals surface area contributed by atoms with Crippen molar-refractivity contribution in [3.05, 3.63) is 29.6 Å². The molecule has 1 rings (SSSR count). The number of rotatable bonds is 4. The molecule has 94 valence electrons. The molecule has 0 aliphatic carbocycles. The Labute approximate surface area is 98.6 Å². The SMILES string of the molecule is CCOC(=O)c1cc(S(=O)(=O)NC)ccc1F. The Hall–Kier alpha value is -1.47. The minimum absolute atomic E-state index is 0.0846. The minimum atomic E-state index is -3.71. The maximum Gasteiger partial charge on any atom is 0.341 e. The molecule has 1 aromatic carbocycles. The summed E-state index contributed by atoms with van der Waals surface area (Å²) in [5, 5.41) is 0. The van der Waals surface area contributed by atoms with Crippen molar-refractivity contribution in [1.29, 1.82) is 0 Å². The number of hydrogen-bond acceptors (Lipinski definition) is 4. The quantitative estimate of drug-likeness (QED) is 0.818. The maximum atomic E-state index is 13.3. The molecule has 0 saturated heterocycles. The minimum Gasteiger partial charge on any atom is -0.462 e. The number of hydrogen-bond donors (Lipinski definition) is 1. The lowest BCUT2D eigenvalue weighted by atomic mass is 10.2. The Kier molecular flexibility index (Phi) is 4.19. The molecular formula is C10H12FNO4S. The molecule has 17 heavy (non-hydrogen) atoms. The van der Waals surface area contributed by atoms with Gasteiger partial charge in [0.1, 0.15) is 5.82 Å². The van der Waals surface area contributed by atoms with Crippen LogP contribution in [0.3, 0.4) is 0 Å². The lowest BCUT2D eigenvalue weighted by Crippen LogP contribution is -2.19. The summed E-state index contributed by atoms with van der Waals surface area (Å²) >= 11 is 0. The summed E-state index contributed by atoms with van der Waals surface area (Å²) in [4.78, 5) is 11.2. The van der Waals surface area contributed by atoms with E-state index in [0.717, 1.165) is 18.2 Å². The highest BCUT2D eigenvalue weighted by molar-refractivity contribution is 7.89. The third-order valence-electron chi connectivity index (χ3n) is 2.01.